The number of halogens is 9. The Labute approximate surface area is 253 Å². The number of alkyl halides is 9. The standard InChI is InChI=1S/2C7H5F3O4S.C7H5F3O.Na/c2*8-7(9,10)14-5-1-3-6(4-2-5)15(11,12)13;8-7(9,10)11-6-4-2-1-3-5-6;/h2*1-4H,(H,11,12,13);1-5H;/q;;;+1/p-1. The van der Waals surface area contributed by atoms with Crippen LogP contribution in [0.3, 0.4) is 0 Å². The molecule has 0 saturated carbocycles. The van der Waals surface area contributed by atoms with Gasteiger partial charge in [0.1, 0.15) is 27.4 Å². The van der Waals surface area contributed by atoms with Gasteiger partial charge in [-0.05, 0) is 60.7 Å². The second-order valence-electron chi connectivity index (χ2n) is 6.83. The van der Waals surface area contributed by atoms with Gasteiger partial charge in [-0.25, -0.2) is 8.42 Å². The number of benzene rings is 3. The molecule has 3 rings (SSSR count). The molecule has 1 N–H and O–H groups in total. The van der Waals surface area contributed by atoms with Crippen molar-refractivity contribution in [2.75, 3.05) is 0 Å². The van der Waals surface area contributed by atoms with E-state index in [1.165, 1.54) is 24.3 Å². The molecule has 3 aromatic rings. The summed E-state index contributed by atoms with van der Waals surface area (Å²) in [6.45, 7) is 0. The Kier molecular flexibility index (Phi) is 14.6. The first-order valence-electron chi connectivity index (χ1n) is 9.90. The molecule has 0 unspecified atom stereocenters. The van der Waals surface area contributed by atoms with Gasteiger partial charge in [0.25, 0.3) is 10.1 Å². The molecule has 0 aliphatic heterocycles. The summed E-state index contributed by atoms with van der Waals surface area (Å²) in [5.41, 5.74) is 0. The first-order valence-corrected chi connectivity index (χ1v) is 12.8. The van der Waals surface area contributed by atoms with Crippen molar-refractivity contribution in [1.82, 2.24) is 0 Å². The molecule has 0 atom stereocenters. The van der Waals surface area contributed by atoms with E-state index in [4.69, 9.17) is 4.55 Å². The van der Waals surface area contributed by atoms with Crippen LogP contribution in [0.4, 0.5) is 39.5 Å². The van der Waals surface area contributed by atoms with Crippen LogP contribution in [-0.4, -0.2) is 45.0 Å². The third-order valence-corrected chi connectivity index (χ3v) is 5.40. The molecule has 0 fully saturated rings. The molecule has 0 amide bonds. The summed E-state index contributed by atoms with van der Waals surface area (Å²) in [5.74, 6) is -1.34. The molecular weight excluding hydrogens is 654 g/mol. The summed E-state index contributed by atoms with van der Waals surface area (Å²) in [6, 6.07) is 13.2. The number of rotatable bonds is 5. The molecule has 42 heavy (non-hydrogen) atoms. The van der Waals surface area contributed by atoms with Gasteiger partial charge in [0.2, 0.25) is 0 Å². The monoisotopic (exact) mass is 668 g/mol. The third-order valence-electron chi connectivity index (χ3n) is 3.68. The molecule has 3 aromatic carbocycles. The fourth-order valence-electron chi connectivity index (χ4n) is 2.24. The van der Waals surface area contributed by atoms with Crippen LogP contribution < -0.4 is 43.8 Å². The first kappa shape index (κ1) is 39.2. The fraction of sp³-hybridized carbons (Fsp3) is 0.143. The molecule has 0 radical (unpaired) electrons. The van der Waals surface area contributed by atoms with Gasteiger partial charge in [0.05, 0.1) is 9.79 Å². The van der Waals surface area contributed by atoms with E-state index in [1.807, 2.05) is 0 Å². The Balaban J connectivity index is 0.000000601. The van der Waals surface area contributed by atoms with Gasteiger partial charge in [-0.3, -0.25) is 4.55 Å². The summed E-state index contributed by atoms with van der Waals surface area (Å²) < 4.78 is 176. The van der Waals surface area contributed by atoms with E-state index >= 15 is 0 Å². The van der Waals surface area contributed by atoms with Crippen molar-refractivity contribution in [2.24, 2.45) is 0 Å². The van der Waals surface area contributed by atoms with Crippen LogP contribution in [0.5, 0.6) is 17.2 Å². The van der Waals surface area contributed by atoms with Gasteiger partial charge in [0, 0.05) is 0 Å². The Hall–Kier alpha value is -2.75. The Morgan fingerprint density at radius 2 is 0.810 bits per heavy atom. The molecule has 0 saturated heterocycles. The zero-order valence-electron chi connectivity index (χ0n) is 20.4. The van der Waals surface area contributed by atoms with Gasteiger partial charge >= 0.3 is 48.6 Å². The zero-order chi connectivity index (χ0) is 31.7. The number of hydrogen-bond acceptors (Lipinski definition) is 8. The zero-order valence-corrected chi connectivity index (χ0v) is 24.1. The van der Waals surface area contributed by atoms with Crippen molar-refractivity contribution in [3.63, 3.8) is 0 Å². The van der Waals surface area contributed by atoms with Crippen LogP contribution in [0.15, 0.2) is 88.7 Å². The molecule has 0 heterocycles. The summed E-state index contributed by atoms with van der Waals surface area (Å²) in [5, 5.41) is 0. The van der Waals surface area contributed by atoms with Crippen molar-refractivity contribution in [3.05, 3.63) is 78.9 Å². The molecule has 0 bridgehead atoms. The summed E-state index contributed by atoms with van der Waals surface area (Å²) in [6.07, 6.45) is -14.3. The molecule has 0 aliphatic rings. The quantitative estimate of drug-likeness (QED) is 0.247. The summed E-state index contributed by atoms with van der Waals surface area (Å²) in [7, 11) is -9.05. The van der Waals surface area contributed by atoms with E-state index in [0.717, 1.165) is 48.5 Å². The van der Waals surface area contributed by atoms with Crippen LogP contribution in [-0.2, 0) is 20.2 Å². The Morgan fingerprint density at radius 1 is 0.524 bits per heavy atom. The van der Waals surface area contributed by atoms with Gasteiger partial charge in [-0.2, -0.15) is 8.42 Å². The van der Waals surface area contributed by atoms with E-state index in [0.29, 0.717) is 0 Å². The molecule has 0 aliphatic carbocycles. The van der Waals surface area contributed by atoms with Crippen LogP contribution in [0.2, 0.25) is 0 Å². The maximum atomic E-state index is 11.7. The van der Waals surface area contributed by atoms with Crippen molar-refractivity contribution in [1.29, 1.82) is 0 Å². The third kappa shape index (κ3) is 17.9. The smallest absolute Gasteiger partial charge is 0.744 e. The average Bonchev–Trinajstić information content (AvgIpc) is 2.77. The van der Waals surface area contributed by atoms with Crippen molar-refractivity contribution >= 4 is 20.2 Å². The van der Waals surface area contributed by atoms with E-state index in [2.05, 4.69) is 14.2 Å². The first-order chi connectivity index (χ1) is 18.4. The molecule has 228 valence electrons. The van der Waals surface area contributed by atoms with E-state index in [9.17, 15) is 60.9 Å². The van der Waals surface area contributed by atoms with Crippen LogP contribution in [0.25, 0.3) is 0 Å². The predicted octanol–water partition coefficient (Wildman–Crippen LogP) is 2.91. The SMILES string of the molecule is FC(F)(F)Oc1ccccc1.O=S(=O)(O)c1ccc(OC(F)(F)F)cc1.O=S(=O)([O-])c1ccc(OC(F)(F)F)cc1.[Na+]. The van der Waals surface area contributed by atoms with Crippen molar-refractivity contribution in [3.8, 4) is 17.2 Å². The van der Waals surface area contributed by atoms with Crippen LogP contribution in [0, 0.1) is 0 Å². The number of hydrogen-bond donors (Lipinski definition) is 1. The molecule has 21 heteroatoms. The van der Waals surface area contributed by atoms with Gasteiger partial charge in [-0.15, -0.1) is 39.5 Å². The van der Waals surface area contributed by atoms with Crippen LogP contribution in [0.1, 0.15) is 0 Å². The van der Waals surface area contributed by atoms with Gasteiger partial charge in [-0.1, -0.05) is 18.2 Å². The van der Waals surface area contributed by atoms with Crippen molar-refractivity contribution in [2.45, 2.75) is 28.9 Å². The largest absolute Gasteiger partial charge is 1.00 e. The summed E-state index contributed by atoms with van der Waals surface area (Å²) in [4.78, 5) is -1.12. The average molecular weight is 668 g/mol. The molecular formula is C21H14F9NaO9S2. The van der Waals surface area contributed by atoms with Gasteiger partial charge < -0.3 is 18.8 Å². The molecule has 0 spiro atoms. The summed E-state index contributed by atoms with van der Waals surface area (Å²) >= 11 is 0. The minimum absolute atomic E-state index is 0. The van der Waals surface area contributed by atoms with E-state index < -0.39 is 60.6 Å². The minimum atomic E-state index is -4.85. The van der Waals surface area contributed by atoms with E-state index in [-0.39, 0.29) is 35.3 Å². The Bertz CT molecular complexity index is 1360. The Morgan fingerprint density at radius 3 is 1.07 bits per heavy atom. The van der Waals surface area contributed by atoms with Gasteiger partial charge in [0.15, 0.2) is 0 Å². The second-order valence-corrected chi connectivity index (χ2v) is 9.63. The fourth-order valence-corrected chi connectivity index (χ4v) is 3.19. The van der Waals surface area contributed by atoms with Crippen molar-refractivity contribution < 1.29 is 109 Å². The maximum absolute atomic E-state index is 11.7. The second kappa shape index (κ2) is 15.6. The predicted molar refractivity (Wildman–Crippen MR) is 117 cm³/mol. The molecule has 0 aromatic heterocycles. The molecule has 9 nitrogen and oxygen atoms in total. The number of ether oxygens (including phenoxy) is 3. The maximum Gasteiger partial charge on any atom is 1.00 e. The van der Waals surface area contributed by atoms with Crippen LogP contribution >= 0.6 is 0 Å². The minimum Gasteiger partial charge on any atom is -0.744 e. The van der Waals surface area contributed by atoms with E-state index in [1.54, 1.807) is 6.07 Å². The topological polar surface area (TPSA) is 139 Å². The number of para-hydroxylation sites is 1. The normalized spacial score (nSPS) is 11.9.